The molecular formula is C42H62O16. The van der Waals surface area contributed by atoms with E-state index in [2.05, 4.69) is 27.7 Å². The number of ether oxygens (including phenoxy) is 4. The minimum Gasteiger partial charge on any atom is -0.481 e. The van der Waals surface area contributed by atoms with Crippen LogP contribution in [-0.4, -0.2) is 132 Å². The van der Waals surface area contributed by atoms with Crippen molar-refractivity contribution in [3.63, 3.8) is 0 Å². The monoisotopic (exact) mass is 822 g/mol. The fourth-order valence-corrected chi connectivity index (χ4v) is 13.4. The Bertz CT molecular complexity index is 1730. The van der Waals surface area contributed by atoms with Gasteiger partial charge in [0.25, 0.3) is 0 Å². The second-order valence-electron chi connectivity index (χ2n) is 20.6. The van der Waals surface area contributed by atoms with Crippen LogP contribution in [0.5, 0.6) is 0 Å². The molecular weight excluding hydrogens is 760 g/mol. The summed E-state index contributed by atoms with van der Waals surface area (Å²) in [7, 11) is 0. The van der Waals surface area contributed by atoms with Crippen molar-refractivity contribution in [2.75, 3.05) is 0 Å². The van der Waals surface area contributed by atoms with Crippen LogP contribution >= 0.6 is 0 Å². The number of carboxylic acid groups (broad SMARTS) is 3. The van der Waals surface area contributed by atoms with Gasteiger partial charge in [-0.2, -0.15) is 0 Å². The molecule has 8 N–H and O–H groups in total. The first-order valence-electron chi connectivity index (χ1n) is 20.7. The van der Waals surface area contributed by atoms with E-state index in [4.69, 9.17) is 18.9 Å². The second kappa shape index (κ2) is 14.3. The zero-order valence-corrected chi connectivity index (χ0v) is 34.4. The highest BCUT2D eigenvalue weighted by Crippen LogP contribution is 2.75. The first kappa shape index (κ1) is 43.5. The third-order valence-electron chi connectivity index (χ3n) is 17.2. The van der Waals surface area contributed by atoms with Gasteiger partial charge in [-0.15, -0.1) is 0 Å². The molecule has 7 unspecified atom stereocenters. The van der Waals surface area contributed by atoms with Crippen LogP contribution in [0.4, 0.5) is 0 Å². The average molecular weight is 823 g/mol. The van der Waals surface area contributed by atoms with Gasteiger partial charge in [0, 0.05) is 5.92 Å². The molecule has 19 atom stereocenters. The fraction of sp³-hybridized carbons (Fsp3) is 0.857. The van der Waals surface area contributed by atoms with Crippen LogP contribution in [-0.2, 0) is 38.1 Å². The molecule has 5 aliphatic carbocycles. The Morgan fingerprint density at radius 1 is 0.690 bits per heavy atom. The van der Waals surface area contributed by atoms with E-state index >= 15 is 0 Å². The largest absolute Gasteiger partial charge is 0.481 e. The highest BCUT2D eigenvalue weighted by Gasteiger charge is 2.71. The van der Waals surface area contributed by atoms with Gasteiger partial charge in [-0.05, 0) is 110 Å². The van der Waals surface area contributed by atoms with Gasteiger partial charge in [0.05, 0.1) is 11.5 Å². The molecule has 2 saturated heterocycles. The Kier molecular flexibility index (Phi) is 10.7. The van der Waals surface area contributed by atoms with E-state index in [1.807, 2.05) is 26.8 Å². The summed E-state index contributed by atoms with van der Waals surface area (Å²) in [6, 6.07) is 0. The minimum absolute atomic E-state index is 0.0217. The number of carbonyl (C=O) groups excluding carboxylic acids is 1. The van der Waals surface area contributed by atoms with Crippen LogP contribution < -0.4 is 0 Å². The molecule has 0 spiro atoms. The number of carbonyl (C=O) groups is 4. The first-order chi connectivity index (χ1) is 26.8. The Balaban J connectivity index is 1.17. The Morgan fingerprint density at radius 2 is 1.28 bits per heavy atom. The summed E-state index contributed by atoms with van der Waals surface area (Å²) < 4.78 is 23.4. The zero-order valence-electron chi connectivity index (χ0n) is 34.4. The molecule has 0 radical (unpaired) electrons. The summed E-state index contributed by atoms with van der Waals surface area (Å²) >= 11 is 0. The molecule has 16 heteroatoms. The summed E-state index contributed by atoms with van der Waals surface area (Å²) in [5, 5.41) is 83.0. The van der Waals surface area contributed by atoms with Crippen LogP contribution in [0.2, 0.25) is 0 Å². The molecule has 6 fully saturated rings. The van der Waals surface area contributed by atoms with Crippen LogP contribution in [0.25, 0.3) is 0 Å². The number of aliphatic hydroxyl groups excluding tert-OH is 5. The second-order valence-corrected chi connectivity index (χ2v) is 20.6. The quantitative estimate of drug-likeness (QED) is 0.171. The van der Waals surface area contributed by atoms with Crippen LogP contribution in [0.1, 0.15) is 106 Å². The topological polar surface area (TPSA) is 267 Å². The predicted molar refractivity (Wildman–Crippen MR) is 199 cm³/mol. The van der Waals surface area contributed by atoms with E-state index in [1.54, 1.807) is 0 Å². The van der Waals surface area contributed by atoms with Gasteiger partial charge >= 0.3 is 17.9 Å². The van der Waals surface area contributed by atoms with Crippen molar-refractivity contribution in [3.8, 4) is 0 Å². The van der Waals surface area contributed by atoms with E-state index in [0.717, 1.165) is 37.7 Å². The molecule has 0 bridgehead atoms. The van der Waals surface area contributed by atoms with E-state index in [-0.39, 0.29) is 34.4 Å². The van der Waals surface area contributed by atoms with Gasteiger partial charge in [0.2, 0.25) is 0 Å². The number of hydrogen-bond donors (Lipinski definition) is 8. The first-order valence-corrected chi connectivity index (χ1v) is 20.7. The lowest BCUT2D eigenvalue weighted by Crippen LogP contribution is -2.68. The van der Waals surface area contributed by atoms with Crippen molar-refractivity contribution in [2.24, 2.45) is 50.2 Å². The van der Waals surface area contributed by atoms with E-state index in [1.165, 1.54) is 0 Å². The summed E-state index contributed by atoms with van der Waals surface area (Å²) in [6.45, 7) is 14.8. The van der Waals surface area contributed by atoms with Crippen molar-refractivity contribution in [1.29, 1.82) is 0 Å². The zero-order chi connectivity index (χ0) is 42.9. The normalized spacial score (nSPS) is 52.6. The molecule has 0 aromatic carbocycles. The molecule has 7 rings (SSSR count). The smallest absolute Gasteiger partial charge is 0.335 e. The van der Waals surface area contributed by atoms with Crippen LogP contribution in [0.15, 0.2) is 11.6 Å². The van der Waals surface area contributed by atoms with Crippen LogP contribution in [0.3, 0.4) is 0 Å². The molecule has 0 aromatic heterocycles. The van der Waals surface area contributed by atoms with Crippen molar-refractivity contribution in [2.45, 2.75) is 174 Å². The van der Waals surface area contributed by atoms with Crippen molar-refractivity contribution < 1.29 is 79.0 Å². The third-order valence-corrected chi connectivity index (χ3v) is 17.2. The molecule has 16 nitrogen and oxygen atoms in total. The van der Waals surface area contributed by atoms with Crippen molar-refractivity contribution in [1.82, 2.24) is 0 Å². The standard InChI is InChI=1S/C42H62O16/c1-37(2)21-8-11-42(7)31(20(43)16-18-19-17-39(4,36(53)54)13-12-38(19,3)14-15-41(18,42)6)40(21,5)10-9-22(37)55-35-30(26(47)25(46)29(57-35)33(51)52)58-34-27(48)23(44)24(45)28(56-34)32(49)50/h16,19,21-31,34-35,44-48H,8-15,17H2,1-7H3,(H,49,50)(H,51,52)(H,53,54)/t19-,21+,22-,23?,24+,25+,26?,27?,28?,29?,30?,31-,34-,35+,38+,39?,40-,41-,42+/m0/s1. The summed E-state index contributed by atoms with van der Waals surface area (Å²) in [6.07, 6.45) is -12.2. The van der Waals surface area contributed by atoms with Gasteiger partial charge in [0.15, 0.2) is 30.6 Å². The van der Waals surface area contributed by atoms with Crippen LogP contribution in [0, 0.1) is 50.2 Å². The molecule has 4 saturated carbocycles. The molecule has 0 amide bonds. The highest BCUT2D eigenvalue weighted by molar-refractivity contribution is 5.95. The lowest BCUT2D eigenvalue weighted by atomic mass is 9.33. The molecule has 2 aliphatic heterocycles. The third kappa shape index (κ3) is 6.25. The van der Waals surface area contributed by atoms with Gasteiger partial charge in [0.1, 0.15) is 36.6 Å². The molecule has 58 heavy (non-hydrogen) atoms. The Labute approximate surface area is 337 Å². The predicted octanol–water partition coefficient (Wildman–Crippen LogP) is 2.25. The summed E-state index contributed by atoms with van der Waals surface area (Å²) in [5.74, 6) is -4.47. The van der Waals surface area contributed by atoms with Gasteiger partial charge in [-0.3, -0.25) is 9.59 Å². The number of ketones is 1. The van der Waals surface area contributed by atoms with Gasteiger partial charge < -0.3 is 59.8 Å². The van der Waals surface area contributed by atoms with Crippen molar-refractivity contribution in [3.05, 3.63) is 11.6 Å². The highest BCUT2D eigenvalue weighted by atomic mass is 16.8. The maximum absolute atomic E-state index is 14.8. The number of carboxylic acids is 3. The maximum atomic E-state index is 14.8. The number of fused-ring (bicyclic) bond motifs is 7. The van der Waals surface area contributed by atoms with E-state index in [0.29, 0.717) is 25.7 Å². The fourth-order valence-electron chi connectivity index (χ4n) is 13.4. The number of aliphatic carboxylic acids is 3. The number of allylic oxidation sites excluding steroid dienone is 2. The SMILES string of the molecule is CC1(C(=O)O)CC[C@]2(C)CC[C@@]3(C)C(=CC(=O)[C@H]4[C@@]5(C)CC[C@H](O[C@@H]6OC(C(=O)O)[C@H](O)C(O)C6O[C@@H]6OC(C(=O)O)[C@H](O)C(O)C6O)C(C)(C)[C@H]5CC[C@]43C)[C@@H]2C1. The Morgan fingerprint density at radius 3 is 1.88 bits per heavy atom. The number of rotatable bonds is 7. The number of hydrogen-bond acceptors (Lipinski definition) is 13. The average Bonchev–Trinajstić information content (AvgIpc) is 3.13. The Hall–Kier alpha value is -2.54. The maximum Gasteiger partial charge on any atom is 0.335 e. The lowest BCUT2D eigenvalue weighted by molar-refractivity contribution is -0.371. The van der Waals surface area contributed by atoms with Gasteiger partial charge in [-0.25, -0.2) is 9.59 Å². The van der Waals surface area contributed by atoms with E-state index < -0.39 is 107 Å². The summed E-state index contributed by atoms with van der Waals surface area (Å²) in [4.78, 5) is 51.3. The summed E-state index contributed by atoms with van der Waals surface area (Å²) in [5.41, 5.74) is -1.81. The van der Waals surface area contributed by atoms with E-state index in [9.17, 15) is 60.0 Å². The molecule has 7 aliphatic rings. The molecule has 2 heterocycles. The molecule has 326 valence electrons. The lowest BCUT2D eigenvalue weighted by Gasteiger charge is -2.70. The molecule has 0 aromatic rings. The number of aliphatic hydroxyl groups is 5. The van der Waals surface area contributed by atoms with Crippen molar-refractivity contribution >= 4 is 23.7 Å². The van der Waals surface area contributed by atoms with Gasteiger partial charge in [-0.1, -0.05) is 47.1 Å². The minimum atomic E-state index is -2.05.